The van der Waals surface area contributed by atoms with Crippen LogP contribution in [0.5, 0.6) is 0 Å². The molecule has 0 atom stereocenters. The number of fused-ring (bicyclic) bond motifs is 1. The first-order valence-corrected chi connectivity index (χ1v) is 8.04. The van der Waals surface area contributed by atoms with Crippen molar-refractivity contribution in [1.82, 2.24) is 0 Å². The van der Waals surface area contributed by atoms with Crippen LogP contribution in [0.25, 0.3) is 11.0 Å². The average molecular weight is 354 g/mol. The zero-order chi connectivity index (χ0) is 18.2. The Morgan fingerprint density at radius 3 is 2.52 bits per heavy atom. The van der Waals surface area contributed by atoms with Gasteiger partial charge in [0.15, 0.2) is 17.0 Å². The van der Waals surface area contributed by atoms with E-state index in [9.17, 15) is 27.9 Å². The molecule has 0 amide bonds. The average Bonchev–Trinajstić information content (AvgIpc) is 2.56. The molecule has 1 fully saturated rings. The van der Waals surface area contributed by atoms with Gasteiger partial charge in [-0.1, -0.05) is 0 Å². The van der Waals surface area contributed by atoms with Crippen molar-refractivity contribution in [2.45, 2.75) is 50.0 Å². The van der Waals surface area contributed by atoms with Crippen LogP contribution in [-0.4, -0.2) is 22.4 Å². The summed E-state index contributed by atoms with van der Waals surface area (Å²) in [5.41, 5.74) is -1.76. The SMILES string of the molecule is O=C(CCC1(O)CCC(F)(F)CC1)c1cc(=O)c2cc(F)ccc2o1. The lowest BCUT2D eigenvalue weighted by Crippen LogP contribution is -2.38. The maximum absolute atomic E-state index is 13.2. The Kier molecular flexibility index (Phi) is 4.45. The van der Waals surface area contributed by atoms with Gasteiger partial charge in [-0.2, -0.15) is 0 Å². The first-order valence-electron chi connectivity index (χ1n) is 8.04. The third-order valence-corrected chi connectivity index (χ3v) is 4.69. The summed E-state index contributed by atoms with van der Waals surface area (Å²) in [6.07, 6.45) is -1.07. The molecule has 0 unspecified atom stereocenters. The second kappa shape index (κ2) is 6.29. The zero-order valence-electron chi connectivity index (χ0n) is 13.4. The number of halogens is 3. The summed E-state index contributed by atoms with van der Waals surface area (Å²) in [6.45, 7) is 0. The fourth-order valence-corrected chi connectivity index (χ4v) is 3.07. The van der Waals surface area contributed by atoms with Crippen molar-refractivity contribution in [2.75, 3.05) is 0 Å². The monoisotopic (exact) mass is 354 g/mol. The highest BCUT2D eigenvalue weighted by Gasteiger charge is 2.42. The molecule has 1 saturated carbocycles. The van der Waals surface area contributed by atoms with Gasteiger partial charge in [-0.25, -0.2) is 13.2 Å². The van der Waals surface area contributed by atoms with E-state index >= 15 is 0 Å². The molecule has 1 aliphatic carbocycles. The topological polar surface area (TPSA) is 67.5 Å². The lowest BCUT2D eigenvalue weighted by molar-refractivity contribution is -0.106. The van der Waals surface area contributed by atoms with Gasteiger partial charge in [-0.05, 0) is 37.5 Å². The fourth-order valence-electron chi connectivity index (χ4n) is 3.07. The van der Waals surface area contributed by atoms with E-state index in [2.05, 4.69) is 0 Å². The first-order chi connectivity index (χ1) is 11.7. The molecule has 134 valence electrons. The van der Waals surface area contributed by atoms with Gasteiger partial charge >= 0.3 is 0 Å². The highest BCUT2D eigenvalue weighted by Crippen LogP contribution is 2.40. The van der Waals surface area contributed by atoms with Gasteiger partial charge in [0.2, 0.25) is 5.92 Å². The van der Waals surface area contributed by atoms with Gasteiger partial charge in [0.05, 0.1) is 11.0 Å². The summed E-state index contributed by atoms with van der Waals surface area (Å²) in [7, 11) is 0. The summed E-state index contributed by atoms with van der Waals surface area (Å²) in [5.74, 6) is -4.05. The van der Waals surface area contributed by atoms with Crippen molar-refractivity contribution in [2.24, 2.45) is 0 Å². The molecule has 1 N–H and O–H groups in total. The number of carbonyl (C=O) groups is 1. The summed E-state index contributed by atoms with van der Waals surface area (Å²) in [5, 5.41) is 10.4. The molecule has 0 aliphatic heterocycles. The van der Waals surface area contributed by atoms with Crippen LogP contribution in [0.1, 0.15) is 49.1 Å². The Bertz CT molecular complexity index is 862. The van der Waals surface area contributed by atoms with E-state index in [0.717, 1.165) is 18.2 Å². The van der Waals surface area contributed by atoms with Gasteiger partial charge < -0.3 is 9.52 Å². The van der Waals surface area contributed by atoms with E-state index in [4.69, 9.17) is 4.42 Å². The molecule has 1 heterocycles. The minimum atomic E-state index is -2.77. The summed E-state index contributed by atoms with van der Waals surface area (Å²) in [6, 6.07) is 4.40. The van der Waals surface area contributed by atoms with Crippen LogP contribution in [0.15, 0.2) is 33.5 Å². The van der Waals surface area contributed by atoms with Crippen LogP contribution < -0.4 is 5.43 Å². The van der Waals surface area contributed by atoms with E-state index in [1.54, 1.807) is 0 Å². The lowest BCUT2D eigenvalue weighted by Gasteiger charge is -2.35. The number of benzene rings is 1. The molecule has 0 radical (unpaired) electrons. The normalized spacial score (nSPS) is 19.0. The smallest absolute Gasteiger partial charge is 0.248 e. The molecule has 4 nitrogen and oxygen atoms in total. The highest BCUT2D eigenvalue weighted by molar-refractivity contribution is 5.94. The predicted molar refractivity (Wildman–Crippen MR) is 84.4 cm³/mol. The van der Waals surface area contributed by atoms with Gasteiger partial charge in [0, 0.05) is 25.3 Å². The molecule has 1 aromatic heterocycles. The number of Topliss-reactive ketones (excluding diaryl/α,β-unsaturated/α-hetero) is 1. The molecule has 1 aliphatic rings. The maximum Gasteiger partial charge on any atom is 0.248 e. The van der Waals surface area contributed by atoms with Crippen LogP contribution >= 0.6 is 0 Å². The Morgan fingerprint density at radius 2 is 1.84 bits per heavy atom. The number of hydrogen-bond donors (Lipinski definition) is 1. The molecule has 1 aromatic carbocycles. The predicted octanol–water partition coefficient (Wildman–Crippen LogP) is 3.84. The van der Waals surface area contributed by atoms with Gasteiger partial charge in [-0.3, -0.25) is 9.59 Å². The number of carbonyl (C=O) groups excluding carboxylic acids is 1. The van der Waals surface area contributed by atoms with Crippen molar-refractivity contribution in [1.29, 1.82) is 0 Å². The van der Waals surface area contributed by atoms with Crippen molar-refractivity contribution in [3.8, 4) is 0 Å². The molecular formula is C18H17F3O4. The van der Waals surface area contributed by atoms with Crippen molar-refractivity contribution in [3.63, 3.8) is 0 Å². The van der Waals surface area contributed by atoms with Crippen LogP contribution in [0, 0.1) is 5.82 Å². The third kappa shape index (κ3) is 3.92. The Morgan fingerprint density at radius 1 is 1.16 bits per heavy atom. The summed E-state index contributed by atoms with van der Waals surface area (Å²) in [4.78, 5) is 24.2. The summed E-state index contributed by atoms with van der Waals surface area (Å²) < 4.78 is 44.9. The number of hydrogen-bond acceptors (Lipinski definition) is 4. The Balaban J connectivity index is 1.73. The van der Waals surface area contributed by atoms with Crippen molar-refractivity contribution >= 4 is 16.8 Å². The Labute approximate surface area is 141 Å². The van der Waals surface area contributed by atoms with Crippen LogP contribution in [0.3, 0.4) is 0 Å². The van der Waals surface area contributed by atoms with Gasteiger partial charge in [0.1, 0.15) is 11.4 Å². The molecule has 0 bridgehead atoms. The second-order valence-electron chi connectivity index (χ2n) is 6.62. The molecule has 7 heteroatoms. The molecule has 3 rings (SSSR count). The quantitative estimate of drug-likeness (QED) is 0.847. The molecule has 0 spiro atoms. The van der Waals surface area contributed by atoms with E-state index in [1.165, 1.54) is 6.07 Å². The maximum atomic E-state index is 13.2. The Hall–Kier alpha value is -2.15. The number of alkyl halides is 2. The number of aliphatic hydroxyl groups is 1. The standard InChI is InChI=1S/C18H17F3O4/c19-11-1-2-15-12(9-11)14(23)10-16(25-15)13(22)3-4-17(24)5-7-18(20,21)8-6-17/h1-2,9-10,24H,3-8H2. The zero-order valence-corrected chi connectivity index (χ0v) is 13.4. The first kappa shape index (κ1) is 17.7. The van der Waals surface area contributed by atoms with Crippen LogP contribution in [0.4, 0.5) is 13.2 Å². The largest absolute Gasteiger partial charge is 0.453 e. The number of rotatable bonds is 4. The molecule has 2 aromatic rings. The van der Waals surface area contributed by atoms with E-state index in [1.807, 2.05) is 0 Å². The minimum Gasteiger partial charge on any atom is -0.453 e. The summed E-state index contributed by atoms with van der Waals surface area (Å²) >= 11 is 0. The number of ketones is 1. The molecular weight excluding hydrogens is 337 g/mol. The van der Waals surface area contributed by atoms with Gasteiger partial charge in [-0.15, -0.1) is 0 Å². The van der Waals surface area contributed by atoms with Gasteiger partial charge in [0.25, 0.3) is 0 Å². The third-order valence-electron chi connectivity index (χ3n) is 4.69. The van der Waals surface area contributed by atoms with E-state index in [0.29, 0.717) is 0 Å². The van der Waals surface area contributed by atoms with Crippen LogP contribution in [0.2, 0.25) is 0 Å². The lowest BCUT2D eigenvalue weighted by atomic mass is 9.79. The molecule has 0 saturated heterocycles. The van der Waals surface area contributed by atoms with Crippen molar-refractivity contribution in [3.05, 3.63) is 46.1 Å². The molecule has 25 heavy (non-hydrogen) atoms. The fraction of sp³-hybridized carbons (Fsp3) is 0.444. The van der Waals surface area contributed by atoms with Crippen LogP contribution in [-0.2, 0) is 0 Å². The van der Waals surface area contributed by atoms with Crippen molar-refractivity contribution < 1.29 is 27.5 Å². The minimum absolute atomic E-state index is 0.0209. The highest BCUT2D eigenvalue weighted by atomic mass is 19.3. The van der Waals surface area contributed by atoms with E-state index in [-0.39, 0.29) is 42.4 Å². The van der Waals surface area contributed by atoms with E-state index < -0.39 is 41.4 Å². The second-order valence-corrected chi connectivity index (χ2v) is 6.62.